The summed E-state index contributed by atoms with van der Waals surface area (Å²) in [5.74, 6) is -1.04. The fraction of sp³-hybridized carbons (Fsp3) is 0.435. The van der Waals surface area contributed by atoms with Crippen LogP contribution >= 0.6 is 11.6 Å². The van der Waals surface area contributed by atoms with Crippen molar-refractivity contribution in [2.45, 2.75) is 45.3 Å². The topological polar surface area (TPSA) is 56.8 Å². The molecular weight excluding hydrogens is 457 g/mol. The maximum absolute atomic E-state index is 13.5. The average Bonchev–Trinajstić information content (AvgIpc) is 3.12. The number of carbonyl (C=O) groups is 2. The number of likely N-dealkylation sites (N-methyl/N-ethyl adjacent to an activating group) is 1. The van der Waals surface area contributed by atoms with Gasteiger partial charge in [-0.3, -0.25) is 14.5 Å². The summed E-state index contributed by atoms with van der Waals surface area (Å²) in [6, 6.07) is 5.96. The zero-order chi connectivity index (χ0) is 24.5. The summed E-state index contributed by atoms with van der Waals surface area (Å²) in [7, 11) is 3.44. The Morgan fingerprint density at radius 2 is 1.97 bits per heavy atom. The number of hydrogen-bond acceptors (Lipinski definition) is 4. The highest BCUT2D eigenvalue weighted by Gasteiger charge is 2.41. The van der Waals surface area contributed by atoms with Crippen molar-refractivity contribution in [3.8, 4) is 0 Å². The normalized spacial score (nSPS) is 16.3. The Labute approximate surface area is 195 Å². The number of amides is 2. The largest absolute Gasteiger partial charge is 0.416 e. The molecule has 3 rings (SSSR count). The van der Waals surface area contributed by atoms with E-state index in [4.69, 9.17) is 11.6 Å². The number of alkyl halides is 3. The molecule has 1 aliphatic heterocycles. The van der Waals surface area contributed by atoms with Gasteiger partial charge in [0.1, 0.15) is 11.9 Å². The quantitative estimate of drug-likeness (QED) is 0.577. The molecule has 2 amide bonds. The molecule has 0 aliphatic carbocycles. The van der Waals surface area contributed by atoms with Gasteiger partial charge in [-0.05, 0) is 44.0 Å². The van der Waals surface area contributed by atoms with Crippen LogP contribution in [0.5, 0.6) is 0 Å². The summed E-state index contributed by atoms with van der Waals surface area (Å²) in [6.07, 6.45) is -3.51. The van der Waals surface area contributed by atoms with Crippen LogP contribution in [0, 0.1) is 6.92 Å². The molecule has 0 saturated carbocycles. The van der Waals surface area contributed by atoms with Crippen LogP contribution in [0.1, 0.15) is 37.4 Å². The molecule has 2 aromatic rings. The smallest absolute Gasteiger partial charge is 0.372 e. The molecule has 0 radical (unpaired) electrons. The monoisotopic (exact) mass is 482 g/mol. The molecule has 1 atom stereocenters. The van der Waals surface area contributed by atoms with Crippen LogP contribution in [0.15, 0.2) is 30.3 Å². The Bertz CT molecular complexity index is 1060. The number of aromatic nitrogens is 1. The van der Waals surface area contributed by atoms with E-state index in [9.17, 15) is 22.8 Å². The van der Waals surface area contributed by atoms with E-state index in [1.165, 1.54) is 11.8 Å². The highest BCUT2D eigenvalue weighted by atomic mass is 35.5. The van der Waals surface area contributed by atoms with Crippen LogP contribution in [-0.4, -0.2) is 43.5 Å². The molecule has 0 unspecified atom stereocenters. The Hall–Kier alpha value is -2.81. The number of benzene rings is 1. The Balaban J connectivity index is 1.99. The van der Waals surface area contributed by atoms with Crippen LogP contribution in [0.3, 0.4) is 0 Å². The first kappa shape index (κ1) is 24.8. The maximum atomic E-state index is 13.5. The summed E-state index contributed by atoms with van der Waals surface area (Å²) >= 11 is 6.43. The third-order valence-corrected chi connectivity index (χ3v) is 5.91. The van der Waals surface area contributed by atoms with Gasteiger partial charge >= 0.3 is 6.18 Å². The van der Waals surface area contributed by atoms with Gasteiger partial charge in [0.05, 0.1) is 22.0 Å². The highest BCUT2D eigenvalue weighted by molar-refractivity contribution is 6.34. The predicted molar refractivity (Wildman–Crippen MR) is 123 cm³/mol. The second kappa shape index (κ2) is 9.59. The predicted octanol–water partition coefficient (Wildman–Crippen LogP) is 5.07. The Morgan fingerprint density at radius 3 is 2.61 bits per heavy atom. The van der Waals surface area contributed by atoms with Crippen LogP contribution in [0.2, 0.25) is 5.02 Å². The third-order valence-electron chi connectivity index (χ3n) is 5.61. The summed E-state index contributed by atoms with van der Waals surface area (Å²) in [4.78, 5) is 34.7. The van der Waals surface area contributed by atoms with Gasteiger partial charge in [0.15, 0.2) is 0 Å². The summed E-state index contributed by atoms with van der Waals surface area (Å²) in [6.45, 7) is 4.15. The SMILES string of the molecule is CCCN(C)c1c(Cl)cccc1N(C)C(=O)[C@@H]1CCC(=O)N1c1cc(C(F)(F)F)cc(C)n1. The van der Waals surface area contributed by atoms with Gasteiger partial charge in [0.2, 0.25) is 11.8 Å². The molecule has 1 aliphatic rings. The number of nitrogens with zero attached hydrogens (tertiary/aromatic N) is 4. The van der Waals surface area contributed by atoms with Crippen molar-refractivity contribution in [2.75, 3.05) is 35.3 Å². The van der Waals surface area contributed by atoms with Crippen molar-refractivity contribution in [3.63, 3.8) is 0 Å². The van der Waals surface area contributed by atoms with Crippen LogP contribution in [0.4, 0.5) is 30.4 Å². The molecule has 10 heteroatoms. The molecular formula is C23H26ClF3N4O2. The van der Waals surface area contributed by atoms with Crippen molar-refractivity contribution >= 4 is 40.6 Å². The lowest BCUT2D eigenvalue weighted by molar-refractivity contribution is -0.137. The molecule has 1 aromatic heterocycles. The first-order chi connectivity index (χ1) is 15.5. The van der Waals surface area contributed by atoms with E-state index in [0.717, 1.165) is 23.5 Å². The molecule has 1 aromatic carbocycles. The molecule has 33 heavy (non-hydrogen) atoms. The minimum absolute atomic E-state index is 0.0410. The highest BCUT2D eigenvalue weighted by Crippen LogP contribution is 2.38. The molecule has 0 N–H and O–H groups in total. The zero-order valence-corrected chi connectivity index (χ0v) is 19.7. The number of anilines is 3. The third kappa shape index (κ3) is 5.08. The maximum Gasteiger partial charge on any atom is 0.416 e. The summed E-state index contributed by atoms with van der Waals surface area (Å²) in [5, 5.41) is 0.470. The Kier molecular flexibility index (Phi) is 7.21. The summed E-state index contributed by atoms with van der Waals surface area (Å²) < 4.78 is 40.0. The van der Waals surface area contributed by atoms with E-state index >= 15 is 0 Å². The number of para-hydroxylation sites is 1. The standard InChI is InChI=1S/C23H26ClF3N4O2/c1-5-11-29(3)21-16(24)7-6-8-17(21)30(4)22(33)18-9-10-20(32)31(18)19-13-15(23(25,26)27)12-14(2)28-19/h6-8,12-13,18H,5,9-11H2,1-4H3/t18-/m0/s1. The van der Waals surface area contributed by atoms with E-state index < -0.39 is 29.6 Å². The summed E-state index contributed by atoms with van der Waals surface area (Å²) in [5.41, 5.74) is 0.414. The van der Waals surface area contributed by atoms with E-state index in [0.29, 0.717) is 22.9 Å². The van der Waals surface area contributed by atoms with Gasteiger partial charge in [-0.1, -0.05) is 24.6 Å². The minimum atomic E-state index is -4.60. The average molecular weight is 483 g/mol. The van der Waals surface area contributed by atoms with Crippen LogP contribution in [0.25, 0.3) is 0 Å². The number of pyridine rings is 1. The van der Waals surface area contributed by atoms with Crippen LogP contribution < -0.4 is 14.7 Å². The van der Waals surface area contributed by atoms with Gasteiger partial charge in [-0.2, -0.15) is 13.2 Å². The van der Waals surface area contributed by atoms with Gasteiger partial charge in [0.25, 0.3) is 0 Å². The number of carbonyl (C=O) groups excluding carboxylic acids is 2. The molecule has 178 valence electrons. The first-order valence-corrected chi connectivity index (χ1v) is 11.0. The minimum Gasteiger partial charge on any atom is -0.372 e. The fourth-order valence-electron chi connectivity index (χ4n) is 4.08. The first-order valence-electron chi connectivity index (χ1n) is 10.6. The zero-order valence-electron chi connectivity index (χ0n) is 18.9. The lowest BCUT2D eigenvalue weighted by Gasteiger charge is -2.31. The molecule has 0 spiro atoms. The van der Waals surface area contributed by atoms with E-state index in [2.05, 4.69) is 4.98 Å². The van der Waals surface area contributed by atoms with Crippen molar-refractivity contribution in [3.05, 3.63) is 46.6 Å². The van der Waals surface area contributed by atoms with Gasteiger partial charge in [-0.25, -0.2) is 4.98 Å². The lowest BCUT2D eigenvalue weighted by Crippen LogP contribution is -2.46. The number of hydrogen-bond donors (Lipinski definition) is 0. The molecule has 1 fully saturated rings. The lowest BCUT2D eigenvalue weighted by atomic mass is 10.1. The van der Waals surface area contributed by atoms with Crippen molar-refractivity contribution in [1.82, 2.24) is 4.98 Å². The fourth-order valence-corrected chi connectivity index (χ4v) is 4.40. The van der Waals surface area contributed by atoms with Crippen molar-refractivity contribution in [2.24, 2.45) is 0 Å². The van der Waals surface area contributed by atoms with Crippen molar-refractivity contribution in [1.29, 1.82) is 0 Å². The molecule has 6 nitrogen and oxygen atoms in total. The van der Waals surface area contributed by atoms with E-state index in [1.807, 2.05) is 18.9 Å². The van der Waals surface area contributed by atoms with E-state index in [-0.39, 0.29) is 24.4 Å². The molecule has 1 saturated heterocycles. The van der Waals surface area contributed by atoms with Crippen LogP contribution in [-0.2, 0) is 15.8 Å². The van der Waals surface area contributed by atoms with E-state index in [1.54, 1.807) is 25.2 Å². The van der Waals surface area contributed by atoms with Gasteiger partial charge in [-0.15, -0.1) is 0 Å². The van der Waals surface area contributed by atoms with Gasteiger partial charge < -0.3 is 9.80 Å². The molecule has 2 heterocycles. The number of aryl methyl sites for hydroxylation is 1. The van der Waals surface area contributed by atoms with Crippen molar-refractivity contribution < 1.29 is 22.8 Å². The number of halogens is 4. The Morgan fingerprint density at radius 1 is 1.27 bits per heavy atom. The number of rotatable bonds is 6. The second-order valence-corrected chi connectivity index (χ2v) is 8.50. The second-order valence-electron chi connectivity index (χ2n) is 8.10. The molecule has 0 bridgehead atoms. The van der Waals surface area contributed by atoms with Gasteiger partial charge in [0, 0.05) is 32.8 Å².